The first kappa shape index (κ1) is 13.3. The van der Waals surface area contributed by atoms with Crippen molar-refractivity contribution in [2.45, 2.75) is 38.1 Å². The molecule has 0 spiro atoms. The number of methoxy groups -OCH3 is 1. The van der Waals surface area contributed by atoms with Crippen LogP contribution >= 0.6 is 0 Å². The van der Waals surface area contributed by atoms with Crippen LogP contribution in [0.4, 0.5) is 8.78 Å². The molecule has 1 aromatic carbocycles. The van der Waals surface area contributed by atoms with Crippen LogP contribution in [0.1, 0.15) is 43.7 Å². The topological polar surface area (TPSA) is 35.2 Å². The van der Waals surface area contributed by atoms with Crippen LogP contribution in [0, 0.1) is 17.6 Å². The van der Waals surface area contributed by atoms with Crippen LogP contribution in [-0.4, -0.2) is 7.11 Å². The highest BCUT2D eigenvalue weighted by molar-refractivity contribution is 5.32. The summed E-state index contributed by atoms with van der Waals surface area (Å²) in [5.41, 5.74) is 6.04. The fourth-order valence-electron chi connectivity index (χ4n) is 2.73. The third-order valence-electron chi connectivity index (χ3n) is 3.78. The molecule has 1 atom stereocenters. The first-order valence-corrected chi connectivity index (χ1v) is 6.42. The Bertz CT molecular complexity index is 393. The Balaban J connectivity index is 2.26. The molecule has 0 aromatic heterocycles. The highest BCUT2D eigenvalue weighted by Crippen LogP contribution is 2.35. The fourth-order valence-corrected chi connectivity index (χ4v) is 2.73. The summed E-state index contributed by atoms with van der Waals surface area (Å²) in [6.45, 7) is 0. The van der Waals surface area contributed by atoms with Gasteiger partial charge >= 0.3 is 0 Å². The van der Waals surface area contributed by atoms with Crippen LogP contribution < -0.4 is 10.5 Å². The van der Waals surface area contributed by atoms with Crippen LogP contribution in [0.3, 0.4) is 0 Å². The van der Waals surface area contributed by atoms with Gasteiger partial charge in [-0.05, 0) is 18.8 Å². The summed E-state index contributed by atoms with van der Waals surface area (Å²) in [6, 6.07) is 1.83. The minimum atomic E-state index is -0.607. The number of hydrogen-bond acceptors (Lipinski definition) is 2. The summed E-state index contributed by atoms with van der Waals surface area (Å²) >= 11 is 0. The highest BCUT2D eigenvalue weighted by atomic mass is 19.1. The molecular formula is C14H19F2NO. The molecule has 1 fully saturated rings. The number of halogens is 2. The summed E-state index contributed by atoms with van der Waals surface area (Å²) in [4.78, 5) is 0. The van der Waals surface area contributed by atoms with E-state index in [9.17, 15) is 8.78 Å². The van der Waals surface area contributed by atoms with Gasteiger partial charge in [0.2, 0.25) is 0 Å². The van der Waals surface area contributed by atoms with Gasteiger partial charge in [0.05, 0.1) is 7.11 Å². The number of ether oxygens (including phenoxy) is 1. The van der Waals surface area contributed by atoms with Gasteiger partial charge in [-0.15, -0.1) is 0 Å². The van der Waals surface area contributed by atoms with Gasteiger partial charge in [0, 0.05) is 23.7 Å². The lowest BCUT2D eigenvalue weighted by molar-refractivity contribution is 0.297. The van der Waals surface area contributed by atoms with Crippen LogP contribution in [0.5, 0.6) is 5.75 Å². The second kappa shape index (κ2) is 5.65. The average Bonchev–Trinajstić information content (AvgIpc) is 2.38. The SMILES string of the molecule is COc1cc(F)c([C@H](N)C2CCCCC2)c(F)c1. The van der Waals surface area contributed by atoms with Crippen LogP contribution in [0.15, 0.2) is 12.1 Å². The zero-order chi connectivity index (χ0) is 13.1. The normalized spacial score (nSPS) is 18.7. The Labute approximate surface area is 106 Å². The summed E-state index contributed by atoms with van der Waals surface area (Å²) < 4.78 is 32.6. The Morgan fingerprint density at radius 1 is 1.17 bits per heavy atom. The molecule has 2 nitrogen and oxygen atoms in total. The maximum absolute atomic E-state index is 13.9. The maximum Gasteiger partial charge on any atom is 0.134 e. The summed E-state index contributed by atoms with van der Waals surface area (Å²) in [5.74, 6) is -0.851. The lowest BCUT2D eigenvalue weighted by Gasteiger charge is -2.28. The molecule has 2 N–H and O–H groups in total. The Morgan fingerprint density at radius 3 is 2.22 bits per heavy atom. The van der Waals surface area contributed by atoms with Gasteiger partial charge in [-0.25, -0.2) is 8.78 Å². The standard InChI is InChI=1S/C14H19F2NO/c1-18-10-7-11(15)13(12(16)8-10)14(17)9-5-3-2-4-6-9/h7-9,14H,2-6,17H2,1H3/t14-/m1/s1. The van der Waals surface area contributed by atoms with E-state index in [4.69, 9.17) is 10.5 Å². The van der Waals surface area contributed by atoms with E-state index in [1.807, 2.05) is 0 Å². The van der Waals surface area contributed by atoms with Gasteiger partial charge < -0.3 is 10.5 Å². The first-order chi connectivity index (χ1) is 8.63. The van der Waals surface area contributed by atoms with Crippen molar-refractivity contribution < 1.29 is 13.5 Å². The number of benzene rings is 1. The molecule has 1 aliphatic rings. The lowest BCUT2D eigenvalue weighted by atomic mass is 9.81. The van der Waals surface area contributed by atoms with Crippen molar-refractivity contribution in [2.24, 2.45) is 11.7 Å². The molecule has 0 bridgehead atoms. The molecule has 100 valence electrons. The van der Waals surface area contributed by atoms with Gasteiger partial charge in [-0.1, -0.05) is 19.3 Å². The Kier molecular flexibility index (Phi) is 4.17. The van der Waals surface area contributed by atoms with Gasteiger partial charge in [0.15, 0.2) is 0 Å². The average molecular weight is 255 g/mol. The van der Waals surface area contributed by atoms with E-state index in [2.05, 4.69) is 0 Å². The van der Waals surface area contributed by atoms with E-state index >= 15 is 0 Å². The number of hydrogen-bond donors (Lipinski definition) is 1. The Morgan fingerprint density at radius 2 is 1.72 bits per heavy atom. The molecule has 0 aliphatic heterocycles. The number of rotatable bonds is 3. The smallest absolute Gasteiger partial charge is 0.134 e. The molecule has 4 heteroatoms. The minimum Gasteiger partial charge on any atom is -0.497 e. The molecule has 2 rings (SSSR count). The largest absolute Gasteiger partial charge is 0.497 e. The van der Waals surface area contributed by atoms with Crippen molar-refractivity contribution in [3.8, 4) is 5.75 Å². The van der Waals surface area contributed by atoms with Crippen LogP contribution in [-0.2, 0) is 0 Å². The van der Waals surface area contributed by atoms with E-state index in [1.165, 1.54) is 25.7 Å². The van der Waals surface area contributed by atoms with Crippen molar-refractivity contribution in [3.63, 3.8) is 0 Å². The summed E-state index contributed by atoms with van der Waals surface area (Å²) in [7, 11) is 1.38. The van der Waals surface area contributed by atoms with Crippen molar-refractivity contribution in [3.05, 3.63) is 29.3 Å². The number of nitrogens with two attached hydrogens (primary N) is 1. The van der Waals surface area contributed by atoms with Crippen molar-refractivity contribution in [2.75, 3.05) is 7.11 Å². The van der Waals surface area contributed by atoms with Crippen molar-refractivity contribution >= 4 is 0 Å². The third-order valence-corrected chi connectivity index (χ3v) is 3.78. The fraction of sp³-hybridized carbons (Fsp3) is 0.571. The second-order valence-electron chi connectivity index (χ2n) is 4.93. The van der Waals surface area contributed by atoms with Gasteiger partial charge in [-0.3, -0.25) is 0 Å². The summed E-state index contributed by atoms with van der Waals surface area (Å²) in [6.07, 6.45) is 5.28. The van der Waals surface area contributed by atoms with Crippen LogP contribution in [0.2, 0.25) is 0 Å². The molecule has 1 saturated carbocycles. The first-order valence-electron chi connectivity index (χ1n) is 6.42. The predicted molar refractivity (Wildman–Crippen MR) is 66.4 cm³/mol. The highest BCUT2D eigenvalue weighted by Gasteiger charge is 2.27. The molecule has 0 unspecified atom stereocenters. The van der Waals surface area contributed by atoms with Crippen molar-refractivity contribution in [1.82, 2.24) is 0 Å². The van der Waals surface area contributed by atoms with Gasteiger partial charge in [0.25, 0.3) is 0 Å². The summed E-state index contributed by atoms with van der Waals surface area (Å²) in [5, 5.41) is 0. The second-order valence-corrected chi connectivity index (χ2v) is 4.93. The molecule has 0 heterocycles. The van der Waals surface area contributed by atoms with E-state index in [0.29, 0.717) is 0 Å². The minimum absolute atomic E-state index is 0.00250. The van der Waals surface area contributed by atoms with Gasteiger partial charge in [-0.2, -0.15) is 0 Å². The zero-order valence-corrected chi connectivity index (χ0v) is 10.6. The predicted octanol–water partition coefficient (Wildman–Crippen LogP) is 3.55. The van der Waals surface area contributed by atoms with E-state index in [1.54, 1.807) is 0 Å². The van der Waals surface area contributed by atoms with Crippen molar-refractivity contribution in [1.29, 1.82) is 0 Å². The van der Waals surface area contributed by atoms with E-state index in [-0.39, 0.29) is 17.2 Å². The lowest BCUT2D eigenvalue weighted by Crippen LogP contribution is -2.25. The Hall–Kier alpha value is -1.16. The van der Waals surface area contributed by atoms with Crippen LogP contribution in [0.25, 0.3) is 0 Å². The zero-order valence-electron chi connectivity index (χ0n) is 10.6. The van der Waals surface area contributed by atoms with E-state index in [0.717, 1.165) is 25.7 Å². The molecule has 18 heavy (non-hydrogen) atoms. The monoisotopic (exact) mass is 255 g/mol. The molecule has 1 aromatic rings. The third kappa shape index (κ3) is 2.64. The van der Waals surface area contributed by atoms with E-state index < -0.39 is 17.7 Å². The molecule has 0 amide bonds. The molecule has 0 radical (unpaired) electrons. The van der Waals surface area contributed by atoms with Gasteiger partial charge in [0.1, 0.15) is 17.4 Å². The molecule has 1 aliphatic carbocycles. The quantitative estimate of drug-likeness (QED) is 0.896. The molecular weight excluding hydrogens is 236 g/mol. The maximum atomic E-state index is 13.9. The molecule has 0 saturated heterocycles.